The fraction of sp³-hybridized carbons (Fsp3) is 0.500. The van der Waals surface area contributed by atoms with E-state index >= 15 is 0 Å². The van der Waals surface area contributed by atoms with Crippen LogP contribution in [0.4, 0.5) is 11.4 Å². The van der Waals surface area contributed by atoms with Crippen molar-refractivity contribution in [1.29, 1.82) is 0 Å². The number of carbonyl (C=O) groups excluding carboxylic acids is 1. The number of sulfone groups is 1. The second-order valence-electron chi connectivity index (χ2n) is 5.15. The molecule has 1 amide bonds. The minimum Gasteiger partial charge on any atom is -0.399 e. The second kappa shape index (κ2) is 6.44. The van der Waals surface area contributed by atoms with Gasteiger partial charge in [-0.2, -0.15) is 0 Å². The fourth-order valence-corrected chi connectivity index (χ4v) is 4.04. The molecular formula is C14H20N2O4S. The van der Waals surface area contributed by atoms with E-state index in [4.69, 9.17) is 10.5 Å². The molecule has 21 heavy (non-hydrogen) atoms. The Balaban J connectivity index is 2.05. The third-order valence-corrected chi connectivity index (χ3v) is 6.27. The summed E-state index contributed by atoms with van der Waals surface area (Å²) in [6.45, 7) is 2.28. The molecule has 0 aliphatic carbocycles. The van der Waals surface area contributed by atoms with E-state index in [1.54, 1.807) is 24.3 Å². The zero-order valence-corrected chi connectivity index (χ0v) is 12.7. The molecular weight excluding hydrogens is 292 g/mol. The number of hydrogen-bond donors (Lipinski definition) is 2. The Morgan fingerprint density at radius 1 is 1.29 bits per heavy atom. The van der Waals surface area contributed by atoms with Gasteiger partial charge in [0, 0.05) is 24.6 Å². The standard InChI is InChI=1S/C14H20N2O4S/c1-10(21(18,19)13-6-8-20-9-7-13)14(17)16-12-4-2-11(15)3-5-12/h2-5,10,13H,6-9,15H2,1H3,(H,16,17). The third kappa shape index (κ3) is 3.74. The first-order chi connectivity index (χ1) is 9.91. The number of carbonyl (C=O) groups is 1. The molecule has 1 atom stereocenters. The number of hydrogen-bond acceptors (Lipinski definition) is 5. The van der Waals surface area contributed by atoms with Gasteiger partial charge in [-0.3, -0.25) is 4.79 Å². The highest BCUT2D eigenvalue weighted by Gasteiger charge is 2.36. The normalized spacial score (nSPS) is 18.1. The first kappa shape index (κ1) is 15.8. The number of amides is 1. The molecule has 0 radical (unpaired) electrons. The highest BCUT2D eigenvalue weighted by Crippen LogP contribution is 2.21. The third-order valence-electron chi connectivity index (χ3n) is 3.67. The van der Waals surface area contributed by atoms with Gasteiger partial charge in [0.2, 0.25) is 5.91 Å². The molecule has 1 aromatic carbocycles. The Hall–Kier alpha value is -1.60. The number of rotatable bonds is 4. The summed E-state index contributed by atoms with van der Waals surface area (Å²) >= 11 is 0. The van der Waals surface area contributed by atoms with Crippen LogP contribution < -0.4 is 11.1 Å². The summed E-state index contributed by atoms with van der Waals surface area (Å²) in [6, 6.07) is 6.57. The number of benzene rings is 1. The molecule has 1 aromatic rings. The lowest BCUT2D eigenvalue weighted by atomic mass is 10.2. The van der Waals surface area contributed by atoms with Crippen molar-refractivity contribution in [3.63, 3.8) is 0 Å². The lowest BCUT2D eigenvalue weighted by molar-refractivity contribution is -0.115. The van der Waals surface area contributed by atoms with Gasteiger partial charge in [-0.15, -0.1) is 0 Å². The number of ether oxygens (including phenoxy) is 1. The molecule has 2 rings (SSSR count). The number of nitrogens with two attached hydrogens (primary N) is 1. The van der Waals surface area contributed by atoms with E-state index in [1.165, 1.54) is 6.92 Å². The van der Waals surface area contributed by atoms with Gasteiger partial charge in [0.1, 0.15) is 5.25 Å². The second-order valence-corrected chi connectivity index (χ2v) is 7.71. The zero-order chi connectivity index (χ0) is 15.5. The lowest BCUT2D eigenvalue weighted by Gasteiger charge is -2.25. The van der Waals surface area contributed by atoms with Gasteiger partial charge in [-0.05, 0) is 44.0 Å². The summed E-state index contributed by atoms with van der Waals surface area (Å²) in [7, 11) is -3.51. The van der Waals surface area contributed by atoms with E-state index in [0.29, 0.717) is 37.4 Å². The summed E-state index contributed by atoms with van der Waals surface area (Å²) in [5.41, 5.74) is 6.67. The van der Waals surface area contributed by atoms with Crippen LogP contribution in [0.25, 0.3) is 0 Å². The van der Waals surface area contributed by atoms with Gasteiger partial charge >= 0.3 is 0 Å². The Kier molecular flexibility index (Phi) is 4.84. The van der Waals surface area contributed by atoms with Crippen LogP contribution in [0.3, 0.4) is 0 Å². The Labute approximate surface area is 124 Å². The minimum atomic E-state index is -3.51. The monoisotopic (exact) mass is 312 g/mol. The summed E-state index contributed by atoms with van der Waals surface area (Å²) in [4.78, 5) is 12.1. The van der Waals surface area contributed by atoms with Gasteiger partial charge in [-0.25, -0.2) is 8.42 Å². The molecule has 116 valence electrons. The minimum absolute atomic E-state index is 0.427. The molecule has 0 aromatic heterocycles. The molecule has 3 N–H and O–H groups in total. The van der Waals surface area contributed by atoms with Crippen molar-refractivity contribution in [2.45, 2.75) is 30.3 Å². The van der Waals surface area contributed by atoms with Gasteiger partial charge < -0.3 is 15.8 Å². The first-order valence-corrected chi connectivity index (χ1v) is 8.49. The van der Waals surface area contributed by atoms with Crippen molar-refractivity contribution in [1.82, 2.24) is 0 Å². The number of nitrogens with one attached hydrogen (secondary N) is 1. The van der Waals surface area contributed by atoms with Gasteiger partial charge in [0.05, 0.1) is 5.25 Å². The topological polar surface area (TPSA) is 98.5 Å². The Morgan fingerprint density at radius 3 is 2.43 bits per heavy atom. The molecule has 6 nitrogen and oxygen atoms in total. The maximum atomic E-state index is 12.4. The Morgan fingerprint density at radius 2 is 1.86 bits per heavy atom. The van der Waals surface area contributed by atoms with Crippen LogP contribution in [-0.2, 0) is 19.4 Å². The van der Waals surface area contributed by atoms with Gasteiger partial charge in [-0.1, -0.05) is 0 Å². The highest BCUT2D eigenvalue weighted by molar-refractivity contribution is 7.93. The average molecular weight is 312 g/mol. The molecule has 1 unspecified atom stereocenters. The molecule has 1 aliphatic heterocycles. The van der Waals surface area contributed by atoms with Crippen LogP contribution in [0.5, 0.6) is 0 Å². The molecule has 1 aliphatic rings. The van der Waals surface area contributed by atoms with Crippen LogP contribution in [0.1, 0.15) is 19.8 Å². The molecule has 0 bridgehead atoms. The van der Waals surface area contributed by atoms with Crippen molar-refractivity contribution >= 4 is 27.1 Å². The smallest absolute Gasteiger partial charge is 0.242 e. The van der Waals surface area contributed by atoms with Crippen LogP contribution in [0.2, 0.25) is 0 Å². The first-order valence-electron chi connectivity index (χ1n) is 6.88. The predicted octanol–water partition coefficient (Wildman–Crippen LogP) is 1.19. The average Bonchev–Trinajstić information content (AvgIpc) is 2.49. The number of anilines is 2. The van der Waals surface area contributed by atoms with E-state index in [2.05, 4.69) is 5.32 Å². The predicted molar refractivity (Wildman–Crippen MR) is 81.7 cm³/mol. The summed E-state index contributed by atoms with van der Waals surface area (Å²) in [6.07, 6.45) is 0.893. The summed E-state index contributed by atoms with van der Waals surface area (Å²) in [5, 5.41) is 1.02. The molecule has 1 saturated heterocycles. The van der Waals surface area contributed by atoms with Crippen molar-refractivity contribution in [3.8, 4) is 0 Å². The van der Waals surface area contributed by atoms with Crippen molar-refractivity contribution < 1.29 is 17.9 Å². The molecule has 7 heteroatoms. The molecule has 1 heterocycles. The summed E-state index contributed by atoms with van der Waals surface area (Å²) < 4.78 is 30.0. The molecule has 1 fully saturated rings. The molecule has 0 spiro atoms. The highest BCUT2D eigenvalue weighted by atomic mass is 32.2. The van der Waals surface area contributed by atoms with E-state index in [0.717, 1.165) is 0 Å². The van der Waals surface area contributed by atoms with Gasteiger partial charge in [0.15, 0.2) is 9.84 Å². The maximum Gasteiger partial charge on any atom is 0.242 e. The molecule has 0 saturated carbocycles. The number of nitrogen functional groups attached to an aromatic ring is 1. The summed E-state index contributed by atoms with van der Waals surface area (Å²) in [5.74, 6) is -0.522. The van der Waals surface area contributed by atoms with E-state index in [1.807, 2.05) is 0 Å². The van der Waals surface area contributed by atoms with E-state index < -0.39 is 26.2 Å². The zero-order valence-electron chi connectivity index (χ0n) is 11.9. The lowest BCUT2D eigenvalue weighted by Crippen LogP contribution is -2.41. The SMILES string of the molecule is CC(C(=O)Nc1ccc(N)cc1)S(=O)(=O)C1CCOCC1. The van der Waals surface area contributed by atoms with Crippen molar-refractivity contribution in [2.75, 3.05) is 24.3 Å². The van der Waals surface area contributed by atoms with Crippen molar-refractivity contribution in [2.24, 2.45) is 0 Å². The quantitative estimate of drug-likeness (QED) is 0.814. The fourth-order valence-electron chi connectivity index (χ4n) is 2.25. The van der Waals surface area contributed by atoms with E-state index in [9.17, 15) is 13.2 Å². The largest absolute Gasteiger partial charge is 0.399 e. The van der Waals surface area contributed by atoms with Crippen LogP contribution >= 0.6 is 0 Å². The maximum absolute atomic E-state index is 12.4. The van der Waals surface area contributed by atoms with Crippen LogP contribution in [0, 0.1) is 0 Å². The van der Waals surface area contributed by atoms with E-state index in [-0.39, 0.29) is 0 Å². The van der Waals surface area contributed by atoms with Crippen molar-refractivity contribution in [3.05, 3.63) is 24.3 Å². The van der Waals surface area contributed by atoms with Crippen LogP contribution in [-0.4, -0.2) is 38.0 Å². The Bertz CT molecular complexity index is 592. The van der Waals surface area contributed by atoms with Gasteiger partial charge in [0.25, 0.3) is 0 Å². The van der Waals surface area contributed by atoms with Crippen LogP contribution in [0.15, 0.2) is 24.3 Å².